The van der Waals surface area contributed by atoms with E-state index in [4.69, 9.17) is 5.11 Å². The third-order valence-corrected chi connectivity index (χ3v) is 3.26. The van der Waals surface area contributed by atoms with Crippen LogP contribution in [0.25, 0.3) is 0 Å². The highest BCUT2D eigenvalue weighted by Gasteiger charge is 2.16. The second-order valence-electron chi connectivity index (χ2n) is 5.69. The number of hydrogen-bond acceptors (Lipinski definition) is 2. The minimum absolute atomic E-state index is 0.0449. The normalized spacial score (nSPS) is 10.5. The maximum Gasteiger partial charge on any atom is 0.335 e. The largest absolute Gasteiger partial charge is 0.478 e. The number of likely N-dealkylation sites (N-methyl/N-ethyl adjacent to an activating group) is 1. The van der Waals surface area contributed by atoms with Gasteiger partial charge in [0.15, 0.2) is 0 Å². The summed E-state index contributed by atoms with van der Waals surface area (Å²) >= 11 is 0. The molecule has 0 radical (unpaired) electrons. The van der Waals surface area contributed by atoms with E-state index in [9.17, 15) is 9.59 Å². The van der Waals surface area contributed by atoms with E-state index in [1.165, 1.54) is 0 Å². The minimum Gasteiger partial charge on any atom is -0.478 e. The summed E-state index contributed by atoms with van der Waals surface area (Å²) in [6, 6.07) is 6.85. The van der Waals surface area contributed by atoms with Crippen LogP contribution in [0.5, 0.6) is 0 Å². The van der Waals surface area contributed by atoms with E-state index in [1.54, 1.807) is 42.1 Å². The summed E-state index contributed by atoms with van der Waals surface area (Å²) in [7, 11) is 3.52. The highest BCUT2D eigenvalue weighted by molar-refractivity contribution is 5.89. The molecule has 0 aliphatic carbocycles. The second kappa shape index (κ2) is 7.67. The molecule has 5 nitrogen and oxygen atoms in total. The molecule has 0 saturated heterocycles. The van der Waals surface area contributed by atoms with E-state index >= 15 is 0 Å². The maximum atomic E-state index is 12.2. The molecule has 0 aliphatic heterocycles. The number of rotatable bonds is 6. The predicted molar refractivity (Wildman–Crippen MR) is 82.6 cm³/mol. The van der Waals surface area contributed by atoms with Crippen molar-refractivity contribution in [2.45, 2.75) is 20.3 Å². The van der Waals surface area contributed by atoms with Crippen molar-refractivity contribution in [1.82, 2.24) is 9.80 Å². The van der Waals surface area contributed by atoms with Crippen molar-refractivity contribution in [1.29, 1.82) is 0 Å². The topological polar surface area (TPSA) is 60.9 Å². The Morgan fingerprint density at radius 3 is 2.33 bits per heavy atom. The molecule has 1 aromatic carbocycles. The predicted octanol–water partition coefficient (Wildman–Crippen LogP) is 2.57. The van der Waals surface area contributed by atoms with Crippen LogP contribution in [-0.4, -0.2) is 54.1 Å². The molecule has 0 aliphatic rings. The number of urea groups is 1. The molecule has 21 heavy (non-hydrogen) atoms. The molecular formula is C16H24N2O3. The Morgan fingerprint density at radius 1 is 1.14 bits per heavy atom. The molecule has 1 aromatic rings. The van der Waals surface area contributed by atoms with E-state index in [2.05, 4.69) is 13.8 Å². The third kappa shape index (κ3) is 5.10. The Kier molecular flexibility index (Phi) is 6.21. The Balaban J connectivity index is 2.63. The molecule has 1 rings (SSSR count). The zero-order valence-electron chi connectivity index (χ0n) is 13.2. The number of carboxylic acids is 1. The number of carbonyl (C=O) groups excluding carboxylic acids is 1. The summed E-state index contributed by atoms with van der Waals surface area (Å²) in [5, 5.41) is 9.14. The zero-order chi connectivity index (χ0) is 16.0. The fraction of sp³-hybridized carbons (Fsp3) is 0.500. The van der Waals surface area contributed by atoms with E-state index in [0.29, 0.717) is 31.0 Å². The van der Waals surface area contributed by atoms with Crippen LogP contribution in [0.1, 0.15) is 29.8 Å². The lowest BCUT2D eigenvalue weighted by Crippen LogP contribution is -2.41. The van der Waals surface area contributed by atoms with E-state index in [1.807, 2.05) is 6.07 Å². The zero-order valence-corrected chi connectivity index (χ0v) is 13.2. The molecule has 0 bridgehead atoms. The highest BCUT2D eigenvalue weighted by atomic mass is 16.4. The number of hydrogen-bond donors (Lipinski definition) is 1. The smallest absolute Gasteiger partial charge is 0.335 e. The van der Waals surface area contributed by atoms with Gasteiger partial charge in [-0.15, -0.1) is 0 Å². The van der Waals surface area contributed by atoms with Crippen molar-refractivity contribution in [3.8, 4) is 0 Å². The summed E-state index contributed by atoms with van der Waals surface area (Å²) in [6.45, 7) is 5.32. The summed E-state index contributed by atoms with van der Waals surface area (Å²) in [5.74, 6) is -0.517. The van der Waals surface area contributed by atoms with Crippen molar-refractivity contribution in [2.75, 3.05) is 27.2 Å². The van der Waals surface area contributed by atoms with Gasteiger partial charge in [0.1, 0.15) is 0 Å². The lowest BCUT2D eigenvalue weighted by atomic mass is 10.0. The van der Waals surface area contributed by atoms with Gasteiger partial charge in [-0.1, -0.05) is 32.0 Å². The van der Waals surface area contributed by atoms with Gasteiger partial charge in [-0.3, -0.25) is 0 Å². The molecule has 0 atom stereocenters. The van der Waals surface area contributed by atoms with Crippen LogP contribution < -0.4 is 0 Å². The lowest BCUT2D eigenvalue weighted by Gasteiger charge is -2.26. The van der Waals surface area contributed by atoms with E-state index < -0.39 is 5.97 Å². The maximum absolute atomic E-state index is 12.2. The number of amides is 2. The van der Waals surface area contributed by atoms with Gasteiger partial charge in [0.05, 0.1) is 5.56 Å². The first-order chi connectivity index (χ1) is 9.82. The second-order valence-corrected chi connectivity index (χ2v) is 5.69. The van der Waals surface area contributed by atoms with E-state index in [-0.39, 0.29) is 6.03 Å². The number of nitrogens with zero attached hydrogens (tertiary/aromatic N) is 2. The lowest BCUT2D eigenvalue weighted by molar-refractivity contribution is 0.0695. The fourth-order valence-corrected chi connectivity index (χ4v) is 2.25. The fourth-order valence-electron chi connectivity index (χ4n) is 2.25. The molecule has 0 saturated carbocycles. The molecule has 2 amide bonds. The quantitative estimate of drug-likeness (QED) is 0.876. The standard InChI is InChI=1S/C16H24N2O3/c1-12(2)11-18(4)16(21)17(3)10-9-13-7-5-6-8-14(13)15(19)20/h5-8,12H,9-11H2,1-4H3,(H,19,20). The molecule has 0 heterocycles. The van der Waals surface area contributed by atoms with Crippen molar-refractivity contribution in [2.24, 2.45) is 5.92 Å². The monoisotopic (exact) mass is 292 g/mol. The molecule has 116 valence electrons. The summed E-state index contributed by atoms with van der Waals surface area (Å²) in [4.78, 5) is 26.6. The van der Waals surface area contributed by atoms with Crippen LogP contribution >= 0.6 is 0 Å². The van der Waals surface area contributed by atoms with Crippen LogP contribution in [0.15, 0.2) is 24.3 Å². The van der Waals surface area contributed by atoms with Gasteiger partial charge in [0.2, 0.25) is 0 Å². The summed E-state index contributed by atoms with van der Waals surface area (Å²) < 4.78 is 0. The van der Waals surface area contributed by atoms with Gasteiger partial charge in [-0.25, -0.2) is 9.59 Å². The molecule has 0 spiro atoms. The van der Waals surface area contributed by atoms with Gasteiger partial charge in [-0.05, 0) is 24.0 Å². The SMILES string of the molecule is CC(C)CN(C)C(=O)N(C)CCc1ccccc1C(=O)O. The van der Waals surface area contributed by atoms with Crippen molar-refractivity contribution in [3.05, 3.63) is 35.4 Å². The number of carbonyl (C=O) groups is 2. The summed E-state index contributed by atoms with van der Waals surface area (Å²) in [5.41, 5.74) is 1.05. The summed E-state index contributed by atoms with van der Waals surface area (Å²) in [6.07, 6.45) is 0.528. The van der Waals surface area contributed by atoms with Gasteiger partial charge >= 0.3 is 12.0 Å². The van der Waals surface area contributed by atoms with Crippen LogP contribution in [0.4, 0.5) is 4.79 Å². The van der Waals surface area contributed by atoms with Crippen molar-refractivity contribution < 1.29 is 14.7 Å². The van der Waals surface area contributed by atoms with E-state index in [0.717, 1.165) is 5.56 Å². The van der Waals surface area contributed by atoms with Crippen LogP contribution in [0, 0.1) is 5.92 Å². The highest BCUT2D eigenvalue weighted by Crippen LogP contribution is 2.10. The Bertz CT molecular complexity index is 500. The number of carboxylic acid groups (broad SMARTS) is 1. The first kappa shape index (κ1) is 17.0. The Labute approximate surface area is 126 Å². The average molecular weight is 292 g/mol. The third-order valence-electron chi connectivity index (χ3n) is 3.26. The first-order valence-corrected chi connectivity index (χ1v) is 7.10. The van der Waals surface area contributed by atoms with Crippen molar-refractivity contribution >= 4 is 12.0 Å². The molecule has 0 aromatic heterocycles. The Hall–Kier alpha value is -2.04. The minimum atomic E-state index is -0.934. The molecule has 5 heteroatoms. The molecular weight excluding hydrogens is 268 g/mol. The van der Waals surface area contributed by atoms with Gasteiger partial charge < -0.3 is 14.9 Å². The van der Waals surface area contributed by atoms with Gasteiger partial charge in [0.25, 0.3) is 0 Å². The van der Waals surface area contributed by atoms with Crippen LogP contribution in [-0.2, 0) is 6.42 Å². The van der Waals surface area contributed by atoms with Gasteiger partial charge in [0, 0.05) is 27.2 Å². The molecule has 0 fully saturated rings. The number of aromatic carboxylic acids is 1. The Morgan fingerprint density at radius 2 is 1.76 bits per heavy atom. The molecule has 0 unspecified atom stereocenters. The van der Waals surface area contributed by atoms with Crippen LogP contribution in [0.3, 0.4) is 0 Å². The van der Waals surface area contributed by atoms with Gasteiger partial charge in [-0.2, -0.15) is 0 Å². The molecule has 1 N–H and O–H groups in total. The average Bonchev–Trinajstić information content (AvgIpc) is 2.43. The number of benzene rings is 1. The van der Waals surface area contributed by atoms with Crippen molar-refractivity contribution in [3.63, 3.8) is 0 Å². The first-order valence-electron chi connectivity index (χ1n) is 7.10. The van der Waals surface area contributed by atoms with Crippen LogP contribution in [0.2, 0.25) is 0 Å².